The zero-order chi connectivity index (χ0) is 16.8. The average Bonchev–Trinajstić information content (AvgIpc) is 2.62. The highest BCUT2D eigenvalue weighted by atomic mass is 16.5. The summed E-state index contributed by atoms with van der Waals surface area (Å²) in [6.45, 7) is 0.462. The van der Waals surface area contributed by atoms with Crippen molar-refractivity contribution in [1.82, 2.24) is 0 Å². The molecule has 0 saturated carbocycles. The van der Waals surface area contributed by atoms with Crippen LogP contribution in [0.3, 0.4) is 0 Å². The third kappa shape index (κ3) is 4.02. The number of benzene rings is 3. The van der Waals surface area contributed by atoms with Crippen LogP contribution in [0.1, 0.15) is 11.1 Å². The van der Waals surface area contributed by atoms with Crippen molar-refractivity contribution >= 4 is 5.97 Å². The Labute approximate surface area is 141 Å². The average molecular weight is 318 g/mol. The zero-order valence-electron chi connectivity index (χ0n) is 13.2. The highest BCUT2D eigenvalue weighted by Crippen LogP contribution is 2.24. The van der Waals surface area contributed by atoms with Crippen LogP contribution in [-0.2, 0) is 17.8 Å². The van der Waals surface area contributed by atoms with Crippen molar-refractivity contribution in [3.8, 4) is 16.9 Å². The molecule has 0 spiro atoms. The van der Waals surface area contributed by atoms with Crippen molar-refractivity contribution in [2.45, 2.75) is 13.0 Å². The van der Waals surface area contributed by atoms with Gasteiger partial charge in [0.1, 0.15) is 12.4 Å². The maximum Gasteiger partial charge on any atom is 0.307 e. The van der Waals surface area contributed by atoms with Crippen LogP contribution in [0.15, 0.2) is 78.9 Å². The van der Waals surface area contributed by atoms with Crippen molar-refractivity contribution in [1.29, 1.82) is 0 Å². The molecule has 3 rings (SSSR count). The third-order valence-electron chi connectivity index (χ3n) is 3.78. The minimum Gasteiger partial charge on any atom is -0.489 e. The molecule has 120 valence electrons. The Kier molecular flexibility index (Phi) is 4.92. The smallest absolute Gasteiger partial charge is 0.307 e. The van der Waals surface area contributed by atoms with Crippen LogP contribution in [0, 0.1) is 0 Å². The molecule has 0 aliphatic rings. The van der Waals surface area contributed by atoms with Crippen LogP contribution in [0.5, 0.6) is 5.75 Å². The molecule has 3 heteroatoms. The predicted molar refractivity (Wildman–Crippen MR) is 94.0 cm³/mol. The summed E-state index contributed by atoms with van der Waals surface area (Å²) in [5, 5.41) is 8.80. The second-order valence-electron chi connectivity index (χ2n) is 5.53. The van der Waals surface area contributed by atoms with Gasteiger partial charge in [0.15, 0.2) is 0 Å². The van der Waals surface area contributed by atoms with Gasteiger partial charge in [0.25, 0.3) is 0 Å². The summed E-state index contributed by atoms with van der Waals surface area (Å²) in [5.74, 6) is -0.104. The Morgan fingerprint density at radius 2 is 1.50 bits per heavy atom. The first-order valence-electron chi connectivity index (χ1n) is 7.79. The normalized spacial score (nSPS) is 10.3. The van der Waals surface area contributed by atoms with E-state index < -0.39 is 5.97 Å². The second-order valence-corrected chi connectivity index (χ2v) is 5.53. The predicted octanol–water partition coefficient (Wildman–Crippen LogP) is 4.56. The fourth-order valence-electron chi connectivity index (χ4n) is 2.58. The maximum atomic E-state index is 10.7. The fourth-order valence-corrected chi connectivity index (χ4v) is 2.58. The first kappa shape index (κ1) is 15.8. The minimum absolute atomic E-state index is 0.0249. The van der Waals surface area contributed by atoms with E-state index in [2.05, 4.69) is 24.3 Å². The third-order valence-corrected chi connectivity index (χ3v) is 3.78. The summed E-state index contributed by atoms with van der Waals surface area (Å²) < 4.78 is 5.87. The zero-order valence-corrected chi connectivity index (χ0v) is 13.2. The Hall–Kier alpha value is -3.07. The van der Waals surface area contributed by atoms with Crippen molar-refractivity contribution < 1.29 is 14.6 Å². The molecule has 0 heterocycles. The van der Waals surface area contributed by atoms with E-state index in [-0.39, 0.29) is 6.42 Å². The van der Waals surface area contributed by atoms with E-state index in [1.54, 1.807) is 12.1 Å². The van der Waals surface area contributed by atoms with Gasteiger partial charge in [0.2, 0.25) is 0 Å². The number of ether oxygens (including phenoxy) is 1. The number of carbonyl (C=O) groups is 1. The van der Waals surface area contributed by atoms with Crippen LogP contribution in [0.2, 0.25) is 0 Å². The van der Waals surface area contributed by atoms with Gasteiger partial charge in [-0.3, -0.25) is 4.79 Å². The Morgan fingerprint density at radius 3 is 2.21 bits per heavy atom. The molecule has 0 aliphatic carbocycles. The molecule has 3 aromatic carbocycles. The topological polar surface area (TPSA) is 46.5 Å². The fraction of sp³-hybridized carbons (Fsp3) is 0.0952. The molecular formula is C21H18O3. The van der Waals surface area contributed by atoms with Crippen molar-refractivity contribution in [3.63, 3.8) is 0 Å². The van der Waals surface area contributed by atoms with Gasteiger partial charge in [-0.25, -0.2) is 0 Å². The van der Waals surface area contributed by atoms with E-state index in [1.807, 2.05) is 42.5 Å². The van der Waals surface area contributed by atoms with E-state index in [1.165, 1.54) is 0 Å². The van der Waals surface area contributed by atoms with Gasteiger partial charge in [-0.15, -0.1) is 0 Å². The summed E-state index contributed by atoms with van der Waals surface area (Å²) >= 11 is 0. The molecule has 0 bridgehead atoms. The minimum atomic E-state index is -0.833. The van der Waals surface area contributed by atoms with Gasteiger partial charge in [-0.2, -0.15) is 0 Å². The number of rotatable bonds is 6. The van der Waals surface area contributed by atoms with E-state index in [9.17, 15) is 4.79 Å². The van der Waals surface area contributed by atoms with Crippen molar-refractivity contribution in [2.75, 3.05) is 0 Å². The molecule has 0 aromatic heterocycles. The summed E-state index contributed by atoms with van der Waals surface area (Å²) in [6, 6.07) is 25.6. The van der Waals surface area contributed by atoms with Gasteiger partial charge >= 0.3 is 5.97 Å². The van der Waals surface area contributed by atoms with Gasteiger partial charge < -0.3 is 9.84 Å². The molecule has 3 aromatic rings. The SMILES string of the molecule is O=C(O)Cc1ccc(OCc2ccccc2-c2ccccc2)cc1. The number of hydrogen-bond acceptors (Lipinski definition) is 2. The molecule has 0 atom stereocenters. The molecule has 0 saturated heterocycles. The van der Waals surface area contributed by atoms with E-state index in [0.717, 1.165) is 28.0 Å². The van der Waals surface area contributed by atoms with Gasteiger partial charge in [0, 0.05) is 0 Å². The molecular weight excluding hydrogens is 300 g/mol. The summed E-state index contributed by atoms with van der Waals surface area (Å²) in [6.07, 6.45) is 0.0249. The lowest BCUT2D eigenvalue weighted by Crippen LogP contribution is -2.00. The Morgan fingerprint density at radius 1 is 0.833 bits per heavy atom. The lowest BCUT2D eigenvalue weighted by molar-refractivity contribution is -0.136. The number of carboxylic acids is 1. The van der Waals surface area contributed by atoms with Crippen LogP contribution in [0.25, 0.3) is 11.1 Å². The standard InChI is InChI=1S/C21H18O3/c22-21(23)14-16-10-12-19(13-11-16)24-15-18-8-4-5-9-20(18)17-6-2-1-3-7-17/h1-13H,14-15H2,(H,22,23). The van der Waals surface area contributed by atoms with Gasteiger partial charge in [0.05, 0.1) is 6.42 Å². The van der Waals surface area contributed by atoms with Crippen LogP contribution >= 0.6 is 0 Å². The number of aliphatic carboxylic acids is 1. The molecule has 1 N–H and O–H groups in total. The molecule has 24 heavy (non-hydrogen) atoms. The molecule has 0 fully saturated rings. The molecule has 0 aliphatic heterocycles. The van der Waals surface area contributed by atoms with Gasteiger partial charge in [-0.1, -0.05) is 66.7 Å². The lowest BCUT2D eigenvalue weighted by Gasteiger charge is -2.11. The van der Waals surface area contributed by atoms with E-state index in [0.29, 0.717) is 6.61 Å². The summed E-state index contributed by atoms with van der Waals surface area (Å²) in [5.41, 5.74) is 4.19. The maximum absolute atomic E-state index is 10.7. The number of carboxylic acid groups (broad SMARTS) is 1. The highest BCUT2D eigenvalue weighted by Gasteiger charge is 2.06. The Balaban J connectivity index is 1.72. The van der Waals surface area contributed by atoms with E-state index in [4.69, 9.17) is 9.84 Å². The van der Waals surface area contributed by atoms with Crippen molar-refractivity contribution in [3.05, 3.63) is 90.0 Å². The molecule has 0 unspecified atom stereocenters. The monoisotopic (exact) mass is 318 g/mol. The number of hydrogen-bond donors (Lipinski definition) is 1. The molecule has 3 nitrogen and oxygen atoms in total. The molecule has 0 radical (unpaired) electrons. The second kappa shape index (κ2) is 7.47. The quantitative estimate of drug-likeness (QED) is 0.725. The summed E-state index contributed by atoms with van der Waals surface area (Å²) in [7, 11) is 0. The lowest BCUT2D eigenvalue weighted by atomic mass is 10.0. The summed E-state index contributed by atoms with van der Waals surface area (Å²) in [4.78, 5) is 10.7. The first-order valence-corrected chi connectivity index (χ1v) is 7.79. The van der Waals surface area contributed by atoms with Gasteiger partial charge in [-0.05, 0) is 34.4 Å². The van der Waals surface area contributed by atoms with Crippen LogP contribution in [0.4, 0.5) is 0 Å². The Bertz CT molecular complexity index is 808. The van der Waals surface area contributed by atoms with Crippen molar-refractivity contribution in [2.24, 2.45) is 0 Å². The highest BCUT2D eigenvalue weighted by molar-refractivity contribution is 5.70. The van der Waals surface area contributed by atoms with Crippen LogP contribution < -0.4 is 4.74 Å². The van der Waals surface area contributed by atoms with Crippen LogP contribution in [-0.4, -0.2) is 11.1 Å². The first-order chi connectivity index (χ1) is 11.7. The molecule has 0 amide bonds. The largest absolute Gasteiger partial charge is 0.489 e. The van der Waals surface area contributed by atoms with E-state index >= 15 is 0 Å².